The third kappa shape index (κ3) is 7.18. The van der Waals surface area contributed by atoms with Gasteiger partial charge in [0.25, 0.3) is 5.95 Å². The van der Waals surface area contributed by atoms with E-state index in [1.54, 1.807) is 13.8 Å². The Morgan fingerprint density at radius 2 is 1.59 bits per heavy atom. The average molecular weight is 639 g/mol. The molecule has 1 aliphatic rings. The molecule has 0 aliphatic carbocycles. The Morgan fingerprint density at radius 3 is 2.09 bits per heavy atom. The fourth-order valence-corrected chi connectivity index (χ4v) is 5.04. The molecule has 240 valence electrons. The number of carbonyl (C=O) groups excluding carboxylic acids is 1. The highest BCUT2D eigenvalue weighted by molar-refractivity contribution is 5.89. The van der Waals surface area contributed by atoms with Crippen molar-refractivity contribution in [1.29, 1.82) is 0 Å². The first-order valence-electron chi connectivity index (χ1n) is 13.2. The normalized spacial score (nSPS) is 16.1. The number of ether oxygens (including phenoxy) is 1. The number of hydrogen-bond acceptors (Lipinski definition) is 6. The largest absolute Gasteiger partial charge is 0.446 e. The van der Waals surface area contributed by atoms with Crippen molar-refractivity contribution in [2.75, 3.05) is 16.3 Å². The van der Waals surface area contributed by atoms with Gasteiger partial charge >= 0.3 is 24.6 Å². The minimum atomic E-state index is -5.11. The average Bonchev–Trinajstić information content (AvgIpc) is 3.22. The molecule has 2 aromatic carbocycles. The van der Waals surface area contributed by atoms with Crippen LogP contribution in [0.5, 0.6) is 0 Å². The molecule has 17 heteroatoms. The number of amides is 1. The van der Waals surface area contributed by atoms with Gasteiger partial charge in [-0.15, -0.1) is 5.10 Å². The van der Waals surface area contributed by atoms with Gasteiger partial charge in [0.2, 0.25) is 0 Å². The molecule has 1 amide bonds. The van der Waals surface area contributed by atoms with Crippen LogP contribution < -0.4 is 9.80 Å². The monoisotopic (exact) mass is 638 g/mol. The van der Waals surface area contributed by atoms with Crippen molar-refractivity contribution < 1.29 is 49.0 Å². The molecule has 0 radical (unpaired) electrons. The highest BCUT2D eigenvalue weighted by Crippen LogP contribution is 2.44. The Labute approximate surface area is 245 Å². The number of nitrogens with zero attached hydrogens (tertiary/aromatic N) is 6. The van der Waals surface area contributed by atoms with E-state index in [0.717, 1.165) is 15.8 Å². The van der Waals surface area contributed by atoms with Crippen LogP contribution in [-0.4, -0.2) is 38.9 Å². The van der Waals surface area contributed by atoms with Crippen molar-refractivity contribution in [3.05, 3.63) is 63.7 Å². The van der Waals surface area contributed by atoms with Gasteiger partial charge in [-0.3, -0.25) is 4.90 Å². The van der Waals surface area contributed by atoms with E-state index in [1.807, 2.05) is 0 Å². The fraction of sp³-hybridized carbons (Fsp3) is 0.481. The molecule has 0 fully saturated rings. The van der Waals surface area contributed by atoms with Gasteiger partial charge in [0.1, 0.15) is 0 Å². The predicted molar refractivity (Wildman–Crippen MR) is 139 cm³/mol. The molecule has 3 aromatic rings. The van der Waals surface area contributed by atoms with E-state index in [0.29, 0.717) is 12.1 Å². The van der Waals surface area contributed by atoms with Crippen LogP contribution in [0.25, 0.3) is 0 Å². The van der Waals surface area contributed by atoms with Crippen molar-refractivity contribution in [2.24, 2.45) is 7.05 Å². The highest BCUT2D eigenvalue weighted by atomic mass is 19.4. The Kier molecular flexibility index (Phi) is 8.81. The molecule has 8 nitrogen and oxygen atoms in total. The molecule has 4 rings (SSSR count). The predicted octanol–water partition coefficient (Wildman–Crippen LogP) is 7.47. The third-order valence-corrected chi connectivity index (χ3v) is 6.88. The number of fused-ring (bicyclic) bond motifs is 1. The van der Waals surface area contributed by atoms with E-state index >= 15 is 0 Å². The van der Waals surface area contributed by atoms with E-state index in [1.165, 1.54) is 24.9 Å². The van der Waals surface area contributed by atoms with Crippen molar-refractivity contribution in [3.63, 3.8) is 0 Å². The summed E-state index contributed by atoms with van der Waals surface area (Å²) in [6, 6.07) is 2.09. The molecule has 0 saturated carbocycles. The number of benzene rings is 2. The van der Waals surface area contributed by atoms with E-state index in [-0.39, 0.29) is 48.2 Å². The number of tetrazole rings is 1. The summed E-state index contributed by atoms with van der Waals surface area (Å²) in [4.78, 5) is 16.4. The summed E-state index contributed by atoms with van der Waals surface area (Å²) in [5, 5.41) is 11.7. The standard InChI is InChI=1S/C27H27F9N6O2/c1-14(2)44-24(43)41-7-5-6-21(19-8-15(3)20(12-22(19)41)27(34,35)36)42(23-37-39-40(4)38-23)13-16-9-17(25(28,29)30)11-18(10-16)26(31,32)33/h8-12,14,21H,5-7,13H2,1-4H3/t21-/m0/s1. The maximum atomic E-state index is 14.0. The molecule has 1 aliphatic heterocycles. The number of alkyl halides is 9. The van der Waals surface area contributed by atoms with Gasteiger partial charge in [-0.25, -0.2) is 4.79 Å². The first-order chi connectivity index (χ1) is 20.3. The zero-order valence-electron chi connectivity index (χ0n) is 23.8. The van der Waals surface area contributed by atoms with E-state index in [2.05, 4.69) is 15.4 Å². The Hall–Kier alpha value is -4.05. The van der Waals surface area contributed by atoms with Crippen LogP contribution in [-0.2, 0) is 36.9 Å². The van der Waals surface area contributed by atoms with Gasteiger partial charge in [0.15, 0.2) is 0 Å². The molecular weight excluding hydrogens is 611 g/mol. The van der Waals surface area contributed by atoms with Crippen LogP contribution in [0, 0.1) is 6.92 Å². The number of halogens is 9. The molecule has 1 atom stereocenters. The summed E-state index contributed by atoms with van der Waals surface area (Å²) in [6.07, 6.45) is -16.3. The minimum absolute atomic E-state index is 0.00436. The van der Waals surface area contributed by atoms with Gasteiger partial charge < -0.3 is 9.64 Å². The lowest BCUT2D eigenvalue weighted by atomic mass is 9.94. The second-order valence-corrected chi connectivity index (χ2v) is 10.6. The Morgan fingerprint density at radius 1 is 0.977 bits per heavy atom. The number of rotatable bonds is 5. The number of carbonyl (C=O) groups is 1. The van der Waals surface area contributed by atoms with Crippen molar-refractivity contribution >= 4 is 17.7 Å². The van der Waals surface area contributed by atoms with Gasteiger partial charge in [-0.2, -0.15) is 44.3 Å². The summed E-state index contributed by atoms with van der Waals surface area (Å²) in [7, 11) is 1.38. The molecule has 44 heavy (non-hydrogen) atoms. The molecule has 0 saturated heterocycles. The van der Waals surface area contributed by atoms with Crippen molar-refractivity contribution in [1.82, 2.24) is 20.2 Å². The minimum Gasteiger partial charge on any atom is -0.446 e. The number of anilines is 2. The topological polar surface area (TPSA) is 76.4 Å². The second-order valence-electron chi connectivity index (χ2n) is 10.6. The summed E-state index contributed by atoms with van der Waals surface area (Å²) in [5.41, 5.74) is -4.77. The molecule has 0 N–H and O–H groups in total. The molecule has 0 spiro atoms. The molecule has 2 heterocycles. The van der Waals surface area contributed by atoms with Gasteiger partial charge in [-0.1, -0.05) is 11.2 Å². The van der Waals surface area contributed by atoms with Gasteiger partial charge in [0, 0.05) is 13.1 Å². The molecule has 0 unspecified atom stereocenters. The van der Waals surface area contributed by atoms with Crippen LogP contribution in [0.1, 0.15) is 66.1 Å². The fourth-order valence-electron chi connectivity index (χ4n) is 5.04. The van der Waals surface area contributed by atoms with Crippen LogP contribution >= 0.6 is 0 Å². The molecule has 1 aromatic heterocycles. The maximum absolute atomic E-state index is 14.0. The first-order valence-corrected chi connectivity index (χ1v) is 13.2. The summed E-state index contributed by atoms with van der Waals surface area (Å²) < 4.78 is 129. The van der Waals surface area contributed by atoms with E-state index < -0.39 is 65.6 Å². The molecular formula is C27H27F9N6O2. The quantitative estimate of drug-likeness (QED) is 0.270. The van der Waals surface area contributed by atoms with Gasteiger partial charge in [0.05, 0.1) is 41.6 Å². The van der Waals surface area contributed by atoms with Crippen LogP contribution in [0.3, 0.4) is 0 Å². The lowest BCUT2D eigenvalue weighted by Crippen LogP contribution is -2.34. The Balaban J connectivity index is 1.92. The van der Waals surface area contributed by atoms with E-state index in [9.17, 15) is 44.3 Å². The summed E-state index contributed by atoms with van der Waals surface area (Å²) in [5.74, 6) is -0.204. The summed E-state index contributed by atoms with van der Waals surface area (Å²) >= 11 is 0. The lowest BCUT2D eigenvalue weighted by Gasteiger charge is -2.33. The third-order valence-electron chi connectivity index (χ3n) is 6.88. The number of hydrogen-bond donors (Lipinski definition) is 0. The Bertz CT molecular complexity index is 1480. The second kappa shape index (κ2) is 11.8. The summed E-state index contributed by atoms with van der Waals surface area (Å²) in [6.45, 7) is 3.62. The highest BCUT2D eigenvalue weighted by Gasteiger charge is 2.40. The van der Waals surface area contributed by atoms with E-state index in [4.69, 9.17) is 4.74 Å². The van der Waals surface area contributed by atoms with Crippen molar-refractivity contribution in [3.8, 4) is 0 Å². The number of aromatic nitrogens is 4. The zero-order chi connectivity index (χ0) is 32.8. The SMILES string of the molecule is Cc1cc2c(cc1C(F)(F)F)N(C(=O)OC(C)C)CCC[C@@H]2N(Cc1cc(C(F)(F)F)cc(C(F)(F)F)c1)c1nnn(C)n1. The van der Waals surface area contributed by atoms with Gasteiger partial charge in [-0.05, 0) is 79.8 Å². The molecule has 0 bridgehead atoms. The zero-order valence-corrected chi connectivity index (χ0v) is 23.8. The maximum Gasteiger partial charge on any atom is 0.416 e. The van der Waals surface area contributed by atoms with Crippen LogP contribution in [0.4, 0.5) is 55.9 Å². The first kappa shape index (κ1) is 32.9. The van der Waals surface area contributed by atoms with Crippen molar-refractivity contribution in [2.45, 2.75) is 70.8 Å². The number of aryl methyl sites for hydroxylation is 2. The van der Waals surface area contributed by atoms with Crippen LogP contribution in [0.2, 0.25) is 0 Å². The van der Waals surface area contributed by atoms with Crippen LogP contribution in [0.15, 0.2) is 30.3 Å². The lowest BCUT2D eigenvalue weighted by molar-refractivity contribution is -0.143. The smallest absolute Gasteiger partial charge is 0.416 e.